The molecule has 0 saturated carbocycles. The number of carbonyl (C=O) groups excluding carboxylic acids is 3. The molecule has 0 radical (unpaired) electrons. The molecule has 7 atom stereocenters. The van der Waals surface area contributed by atoms with Crippen molar-refractivity contribution < 1.29 is 43.2 Å². The van der Waals surface area contributed by atoms with Crippen LogP contribution in [0, 0.1) is 11.8 Å². The number of ether oxygens (including phenoxy) is 5. The first-order valence-corrected chi connectivity index (χ1v) is 15.2. The second kappa shape index (κ2) is 15.6. The lowest BCUT2D eigenvalue weighted by molar-refractivity contribution is -0.301. The van der Waals surface area contributed by atoms with Crippen molar-refractivity contribution in [3.8, 4) is 0 Å². The SMILES string of the molecule is CO[C@H]1O[C@H](CO)[C@@H](OC(=O)c2ccccc2)[C@@H]2OC(=O)[C@@H](Cc3ccccc3)CC=CC[C@H](Cc3ccccc3)C(=O)O[C@H]12. The quantitative estimate of drug-likeness (QED) is 0.223. The molecular formula is C36H38O9. The number of aliphatic hydroxyl groups excluding tert-OH is 1. The number of carbonyl (C=O) groups is 3. The number of fused-ring (bicyclic) bond motifs is 1. The summed E-state index contributed by atoms with van der Waals surface area (Å²) < 4.78 is 29.6. The molecule has 3 aromatic rings. The van der Waals surface area contributed by atoms with Gasteiger partial charge in [-0.1, -0.05) is 91.0 Å². The van der Waals surface area contributed by atoms with Gasteiger partial charge in [0.15, 0.2) is 24.6 Å². The average molecular weight is 615 g/mol. The molecule has 236 valence electrons. The van der Waals surface area contributed by atoms with Crippen LogP contribution in [-0.2, 0) is 46.1 Å². The van der Waals surface area contributed by atoms with Crippen molar-refractivity contribution in [1.82, 2.24) is 0 Å². The first kappa shape index (κ1) is 32.1. The Kier molecular flexibility index (Phi) is 11.1. The molecule has 0 aromatic heterocycles. The van der Waals surface area contributed by atoms with Crippen molar-refractivity contribution in [3.05, 3.63) is 120 Å². The topological polar surface area (TPSA) is 118 Å². The molecular weight excluding hydrogens is 576 g/mol. The molecule has 1 saturated heterocycles. The van der Waals surface area contributed by atoms with E-state index in [0.717, 1.165) is 11.1 Å². The molecule has 3 aromatic carbocycles. The number of hydrogen-bond acceptors (Lipinski definition) is 9. The van der Waals surface area contributed by atoms with E-state index in [4.69, 9.17) is 23.7 Å². The van der Waals surface area contributed by atoms with Crippen LogP contribution < -0.4 is 0 Å². The second-order valence-corrected chi connectivity index (χ2v) is 11.2. The first-order chi connectivity index (χ1) is 22.0. The predicted octanol–water partition coefficient (Wildman–Crippen LogP) is 4.47. The summed E-state index contributed by atoms with van der Waals surface area (Å²) in [5.41, 5.74) is 2.17. The predicted molar refractivity (Wildman–Crippen MR) is 164 cm³/mol. The number of benzene rings is 3. The van der Waals surface area contributed by atoms with Gasteiger partial charge >= 0.3 is 17.9 Å². The summed E-state index contributed by atoms with van der Waals surface area (Å²) in [6, 6.07) is 27.5. The van der Waals surface area contributed by atoms with Gasteiger partial charge in [0.1, 0.15) is 6.10 Å². The summed E-state index contributed by atoms with van der Waals surface area (Å²) in [5.74, 6) is -2.97. The average Bonchev–Trinajstić information content (AvgIpc) is 3.07. The van der Waals surface area contributed by atoms with Crippen LogP contribution in [0.25, 0.3) is 0 Å². The normalized spacial score (nSPS) is 27.2. The van der Waals surface area contributed by atoms with Crippen LogP contribution in [0.3, 0.4) is 0 Å². The Morgan fingerprint density at radius 1 is 0.756 bits per heavy atom. The molecule has 0 aliphatic carbocycles. The van der Waals surface area contributed by atoms with Gasteiger partial charge in [-0.15, -0.1) is 0 Å². The Labute approximate surface area is 262 Å². The van der Waals surface area contributed by atoms with Gasteiger partial charge in [-0.05, 0) is 48.9 Å². The van der Waals surface area contributed by atoms with Gasteiger partial charge in [-0.2, -0.15) is 0 Å². The van der Waals surface area contributed by atoms with Crippen LogP contribution in [0.2, 0.25) is 0 Å². The van der Waals surface area contributed by atoms with E-state index in [1.54, 1.807) is 30.3 Å². The number of rotatable bonds is 8. The minimum Gasteiger partial charge on any atom is -0.454 e. The van der Waals surface area contributed by atoms with Crippen molar-refractivity contribution >= 4 is 17.9 Å². The molecule has 2 aliphatic heterocycles. The maximum absolute atomic E-state index is 13.9. The fourth-order valence-electron chi connectivity index (χ4n) is 5.69. The zero-order chi connectivity index (χ0) is 31.6. The van der Waals surface area contributed by atoms with E-state index in [0.29, 0.717) is 25.7 Å². The summed E-state index contributed by atoms with van der Waals surface area (Å²) in [7, 11) is 1.36. The summed E-state index contributed by atoms with van der Waals surface area (Å²) in [6.07, 6.45) is -0.917. The van der Waals surface area contributed by atoms with Crippen molar-refractivity contribution in [1.29, 1.82) is 0 Å². The highest BCUT2D eigenvalue weighted by Crippen LogP contribution is 2.32. The van der Waals surface area contributed by atoms with Crippen LogP contribution in [0.5, 0.6) is 0 Å². The first-order valence-electron chi connectivity index (χ1n) is 15.2. The Bertz CT molecular complexity index is 1430. The third kappa shape index (κ3) is 8.25. The summed E-state index contributed by atoms with van der Waals surface area (Å²) >= 11 is 0. The van der Waals surface area contributed by atoms with Gasteiger partial charge in [0.05, 0.1) is 24.0 Å². The van der Waals surface area contributed by atoms with Crippen LogP contribution in [0.1, 0.15) is 34.3 Å². The van der Waals surface area contributed by atoms with E-state index in [1.807, 2.05) is 72.8 Å². The van der Waals surface area contributed by atoms with Gasteiger partial charge in [0.2, 0.25) is 0 Å². The van der Waals surface area contributed by atoms with Crippen molar-refractivity contribution in [2.45, 2.75) is 56.4 Å². The molecule has 0 amide bonds. The number of esters is 3. The number of allylic oxidation sites excluding steroid dienone is 2. The third-order valence-corrected chi connectivity index (χ3v) is 8.08. The van der Waals surface area contributed by atoms with Crippen LogP contribution >= 0.6 is 0 Å². The van der Waals surface area contributed by atoms with Crippen molar-refractivity contribution in [2.24, 2.45) is 11.8 Å². The Balaban J connectivity index is 1.52. The van der Waals surface area contributed by atoms with Gasteiger partial charge < -0.3 is 28.8 Å². The fourth-order valence-corrected chi connectivity index (χ4v) is 5.69. The highest BCUT2D eigenvalue weighted by Gasteiger charge is 2.53. The van der Waals surface area contributed by atoms with E-state index in [-0.39, 0.29) is 5.56 Å². The van der Waals surface area contributed by atoms with E-state index >= 15 is 0 Å². The van der Waals surface area contributed by atoms with E-state index < -0.39 is 67.1 Å². The van der Waals surface area contributed by atoms with Gasteiger partial charge in [-0.25, -0.2) is 4.79 Å². The van der Waals surface area contributed by atoms with Gasteiger partial charge in [-0.3, -0.25) is 9.59 Å². The van der Waals surface area contributed by atoms with Crippen molar-refractivity contribution in [2.75, 3.05) is 13.7 Å². The standard InChI is InChI=1S/C36H38O9/c1-41-36-32-31(30(29(23-37)42-36)43-33(38)26-17-9-4-10-18-26)44-34(39)27(21-24-13-5-2-6-14-24)19-11-12-20-28(35(40)45-32)22-25-15-7-3-8-16-25/h2-18,27-32,36-37H,19-23H2,1H3/t27-,28-,29-,30-,31+,32+,36+/m1/s1. The molecule has 0 spiro atoms. The highest BCUT2D eigenvalue weighted by molar-refractivity contribution is 5.89. The zero-order valence-corrected chi connectivity index (χ0v) is 25.1. The molecule has 45 heavy (non-hydrogen) atoms. The smallest absolute Gasteiger partial charge is 0.338 e. The monoisotopic (exact) mass is 614 g/mol. The highest BCUT2D eigenvalue weighted by atomic mass is 16.7. The summed E-state index contributed by atoms with van der Waals surface area (Å²) in [4.78, 5) is 40.9. The molecule has 2 aliphatic rings. The lowest BCUT2D eigenvalue weighted by Gasteiger charge is -2.44. The maximum atomic E-state index is 13.9. The molecule has 1 N–H and O–H groups in total. The number of hydrogen-bond donors (Lipinski definition) is 1. The third-order valence-electron chi connectivity index (χ3n) is 8.08. The largest absolute Gasteiger partial charge is 0.454 e. The van der Waals surface area contributed by atoms with Crippen molar-refractivity contribution in [3.63, 3.8) is 0 Å². The minimum absolute atomic E-state index is 0.256. The van der Waals surface area contributed by atoms with E-state index in [2.05, 4.69) is 0 Å². The van der Waals surface area contributed by atoms with Gasteiger partial charge in [0.25, 0.3) is 0 Å². The second-order valence-electron chi connectivity index (χ2n) is 11.2. The van der Waals surface area contributed by atoms with E-state index in [1.165, 1.54) is 7.11 Å². The number of methoxy groups -OCH3 is 1. The molecule has 0 bridgehead atoms. The molecule has 1 fully saturated rings. The van der Waals surface area contributed by atoms with Crippen LogP contribution in [0.15, 0.2) is 103 Å². The summed E-state index contributed by atoms with van der Waals surface area (Å²) in [6.45, 7) is -0.575. The molecule has 9 nitrogen and oxygen atoms in total. The molecule has 0 unspecified atom stereocenters. The van der Waals surface area contributed by atoms with E-state index in [9.17, 15) is 19.5 Å². The minimum atomic E-state index is -1.33. The Morgan fingerprint density at radius 3 is 1.73 bits per heavy atom. The Hall–Kier alpha value is -4.31. The molecule has 5 rings (SSSR count). The lowest BCUT2D eigenvalue weighted by atomic mass is 9.92. The summed E-state index contributed by atoms with van der Waals surface area (Å²) in [5, 5.41) is 10.3. The number of aliphatic hydroxyl groups is 1. The maximum Gasteiger partial charge on any atom is 0.338 e. The molecule has 9 heteroatoms. The Morgan fingerprint density at radius 2 is 1.24 bits per heavy atom. The van der Waals surface area contributed by atoms with Crippen LogP contribution in [-0.4, -0.2) is 67.4 Å². The van der Waals surface area contributed by atoms with Crippen LogP contribution in [0.4, 0.5) is 0 Å². The fraction of sp³-hybridized carbons (Fsp3) is 0.361. The zero-order valence-electron chi connectivity index (χ0n) is 25.1. The molecule has 2 heterocycles. The van der Waals surface area contributed by atoms with Gasteiger partial charge in [0, 0.05) is 7.11 Å². The lowest BCUT2D eigenvalue weighted by Crippen LogP contribution is -2.63.